The lowest BCUT2D eigenvalue weighted by atomic mass is 9.86. The summed E-state index contributed by atoms with van der Waals surface area (Å²) in [6, 6.07) is 6.70. The Morgan fingerprint density at radius 1 is 0.467 bits per heavy atom. The van der Waals surface area contributed by atoms with Gasteiger partial charge in [0.2, 0.25) is 0 Å². The van der Waals surface area contributed by atoms with E-state index in [2.05, 4.69) is 207 Å². The van der Waals surface area contributed by atoms with E-state index in [0.717, 1.165) is 0 Å². The second-order valence-electron chi connectivity index (χ2n) is 17.3. The van der Waals surface area contributed by atoms with E-state index in [1.54, 1.807) is 0 Å². The first-order chi connectivity index (χ1) is 20.1. The van der Waals surface area contributed by atoms with Crippen molar-refractivity contribution in [3.8, 4) is 0 Å². The average molecular weight is 619 g/mol. The molecule has 4 rings (SSSR count). The SMILES string of the molecule is Cc1c(C(C)(C)C)cn(C)c1C.Cc1cc(C(C)(C)C)c(C)n1C.Cc1cc(C(C)(C)C)cn1C.Cn1ccc(C(C)(C)C)c1. The first kappa shape index (κ1) is 40.1. The van der Waals surface area contributed by atoms with E-state index in [0.29, 0.717) is 5.41 Å². The van der Waals surface area contributed by atoms with Gasteiger partial charge >= 0.3 is 0 Å². The van der Waals surface area contributed by atoms with Gasteiger partial charge in [-0.3, -0.25) is 0 Å². The third-order valence-corrected chi connectivity index (χ3v) is 9.01. The van der Waals surface area contributed by atoms with Crippen LogP contribution in [-0.2, 0) is 49.9 Å². The Hall–Kier alpha value is -2.88. The Labute approximate surface area is 278 Å². The predicted molar refractivity (Wildman–Crippen MR) is 200 cm³/mol. The van der Waals surface area contributed by atoms with Crippen LogP contribution in [-0.4, -0.2) is 18.3 Å². The van der Waals surface area contributed by atoms with Crippen molar-refractivity contribution in [3.05, 3.63) is 93.6 Å². The third kappa shape index (κ3) is 11.5. The molecule has 4 heteroatoms. The molecule has 0 radical (unpaired) electrons. The molecule has 0 unspecified atom stereocenters. The summed E-state index contributed by atoms with van der Waals surface area (Å²) in [7, 11) is 8.37. The number of nitrogens with zero attached hydrogens (tertiary/aromatic N) is 4. The molecule has 4 nitrogen and oxygen atoms in total. The zero-order valence-corrected chi connectivity index (χ0v) is 33.3. The Bertz CT molecular complexity index is 1420. The van der Waals surface area contributed by atoms with Gasteiger partial charge in [0, 0.05) is 75.8 Å². The standard InChI is InChI=1S/2C11H19N.C10H17N.C9H15N/c1-8-9(2)12(6)7-10(8)11(3,4)5;1-8-7-10(11(3,4)5)9(2)12(8)6;1-8-6-9(7-11(8)5)10(2,3)4;1-9(2,3)8-5-6-10(4)7-8/h2*7H,1-6H3;6-7H,1-5H3;5-7H,1-4H3. The van der Waals surface area contributed by atoms with Gasteiger partial charge in [-0.25, -0.2) is 0 Å². The van der Waals surface area contributed by atoms with E-state index in [1.807, 2.05) is 0 Å². The quantitative estimate of drug-likeness (QED) is 0.187. The summed E-state index contributed by atoms with van der Waals surface area (Å²) in [5, 5.41) is 0. The Balaban J connectivity index is 0.000000301. The molecule has 0 aliphatic rings. The van der Waals surface area contributed by atoms with Crippen LogP contribution in [0.15, 0.2) is 43.0 Å². The van der Waals surface area contributed by atoms with Crippen LogP contribution in [0.25, 0.3) is 0 Å². The third-order valence-electron chi connectivity index (χ3n) is 9.01. The molecule has 0 atom stereocenters. The lowest BCUT2D eigenvalue weighted by Crippen LogP contribution is -2.12. The second kappa shape index (κ2) is 14.7. The van der Waals surface area contributed by atoms with Crippen molar-refractivity contribution in [1.82, 2.24) is 18.3 Å². The molecule has 0 amide bonds. The lowest BCUT2D eigenvalue weighted by Gasteiger charge is -2.18. The minimum absolute atomic E-state index is 0.274. The van der Waals surface area contributed by atoms with Crippen LogP contribution in [0.3, 0.4) is 0 Å². The molecule has 0 spiro atoms. The van der Waals surface area contributed by atoms with Crippen LogP contribution in [0, 0.1) is 34.6 Å². The number of hydrogen-bond acceptors (Lipinski definition) is 0. The summed E-state index contributed by atoms with van der Waals surface area (Å²) in [5.41, 5.74) is 13.7. The molecule has 4 aromatic rings. The van der Waals surface area contributed by atoms with Gasteiger partial charge in [0.1, 0.15) is 0 Å². The molecular formula is C41H70N4. The number of rotatable bonds is 0. The molecule has 0 bridgehead atoms. The molecule has 0 saturated heterocycles. The zero-order chi connectivity index (χ0) is 35.5. The van der Waals surface area contributed by atoms with Gasteiger partial charge in [-0.15, -0.1) is 0 Å². The fourth-order valence-corrected chi connectivity index (χ4v) is 5.25. The minimum Gasteiger partial charge on any atom is -0.357 e. The van der Waals surface area contributed by atoms with E-state index in [4.69, 9.17) is 0 Å². The molecular weight excluding hydrogens is 548 g/mol. The monoisotopic (exact) mass is 619 g/mol. The van der Waals surface area contributed by atoms with E-state index < -0.39 is 0 Å². The van der Waals surface area contributed by atoms with E-state index in [-0.39, 0.29) is 16.2 Å². The highest BCUT2D eigenvalue weighted by molar-refractivity contribution is 5.35. The largest absolute Gasteiger partial charge is 0.357 e. The Morgan fingerprint density at radius 3 is 1.13 bits per heavy atom. The van der Waals surface area contributed by atoms with Crippen molar-refractivity contribution in [2.24, 2.45) is 28.2 Å². The number of hydrogen-bond donors (Lipinski definition) is 0. The van der Waals surface area contributed by atoms with Crippen molar-refractivity contribution in [2.45, 2.75) is 139 Å². The maximum absolute atomic E-state index is 2.29. The van der Waals surface area contributed by atoms with Crippen LogP contribution in [0.5, 0.6) is 0 Å². The average Bonchev–Trinajstić information content (AvgIpc) is 3.60. The summed E-state index contributed by atoms with van der Waals surface area (Å²) in [5.74, 6) is 0. The van der Waals surface area contributed by atoms with Crippen LogP contribution >= 0.6 is 0 Å². The topological polar surface area (TPSA) is 19.7 Å². The van der Waals surface area contributed by atoms with Crippen molar-refractivity contribution >= 4 is 0 Å². The molecule has 0 saturated carbocycles. The van der Waals surface area contributed by atoms with Gasteiger partial charge in [0.25, 0.3) is 0 Å². The Morgan fingerprint density at radius 2 is 0.956 bits per heavy atom. The highest BCUT2D eigenvalue weighted by Gasteiger charge is 2.20. The summed E-state index contributed by atoms with van der Waals surface area (Å²) in [4.78, 5) is 0. The van der Waals surface area contributed by atoms with Crippen molar-refractivity contribution in [3.63, 3.8) is 0 Å². The molecule has 4 aromatic heterocycles. The molecule has 0 fully saturated rings. The summed E-state index contributed by atoms with van der Waals surface area (Å²) >= 11 is 0. The van der Waals surface area contributed by atoms with Gasteiger partial charge in [0.15, 0.2) is 0 Å². The fourth-order valence-electron chi connectivity index (χ4n) is 5.25. The van der Waals surface area contributed by atoms with Crippen LogP contribution < -0.4 is 0 Å². The van der Waals surface area contributed by atoms with E-state index >= 15 is 0 Å². The first-order valence-corrected chi connectivity index (χ1v) is 16.6. The maximum atomic E-state index is 2.29. The molecule has 0 aliphatic heterocycles. The Kier molecular flexibility index (Phi) is 13.1. The van der Waals surface area contributed by atoms with Gasteiger partial charge in [-0.1, -0.05) is 83.1 Å². The first-order valence-electron chi connectivity index (χ1n) is 16.6. The van der Waals surface area contributed by atoms with Crippen molar-refractivity contribution < 1.29 is 0 Å². The minimum atomic E-state index is 0.274. The van der Waals surface area contributed by atoms with Crippen LogP contribution in [0.1, 0.15) is 134 Å². The molecule has 0 aromatic carbocycles. The molecule has 254 valence electrons. The van der Waals surface area contributed by atoms with Gasteiger partial charge in [-0.2, -0.15) is 0 Å². The fraction of sp³-hybridized carbons (Fsp3) is 0.610. The van der Waals surface area contributed by atoms with Gasteiger partial charge in [-0.05, 0) is 102 Å². The molecule has 45 heavy (non-hydrogen) atoms. The maximum Gasteiger partial charge on any atom is 0.0180 e. The summed E-state index contributed by atoms with van der Waals surface area (Å²) < 4.78 is 8.71. The van der Waals surface area contributed by atoms with Gasteiger partial charge in [0.05, 0.1) is 0 Å². The highest BCUT2D eigenvalue weighted by Crippen LogP contribution is 2.29. The van der Waals surface area contributed by atoms with Gasteiger partial charge < -0.3 is 18.3 Å². The summed E-state index contributed by atoms with van der Waals surface area (Å²) in [6.45, 7) is 37.8. The molecule has 0 N–H and O–H groups in total. The van der Waals surface area contributed by atoms with Crippen molar-refractivity contribution in [1.29, 1.82) is 0 Å². The lowest BCUT2D eigenvalue weighted by molar-refractivity contribution is 0.583. The van der Waals surface area contributed by atoms with Crippen LogP contribution in [0.2, 0.25) is 0 Å². The summed E-state index contributed by atoms with van der Waals surface area (Å²) in [6.07, 6.45) is 8.70. The highest BCUT2D eigenvalue weighted by atomic mass is 15.0. The molecule has 0 aliphatic carbocycles. The molecule has 4 heterocycles. The second-order valence-corrected chi connectivity index (χ2v) is 17.3. The van der Waals surface area contributed by atoms with Crippen LogP contribution in [0.4, 0.5) is 0 Å². The predicted octanol–water partition coefficient (Wildman–Crippen LogP) is 10.8. The zero-order valence-electron chi connectivity index (χ0n) is 33.3. The number of aryl methyl sites for hydroxylation is 5. The van der Waals surface area contributed by atoms with Crippen molar-refractivity contribution in [2.75, 3.05) is 0 Å². The normalized spacial score (nSPS) is 12.1. The van der Waals surface area contributed by atoms with E-state index in [1.165, 1.54) is 50.6 Å². The number of aromatic nitrogens is 4. The van der Waals surface area contributed by atoms with E-state index in [9.17, 15) is 0 Å². The smallest absolute Gasteiger partial charge is 0.0180 e.